The maximum Gasteiger partial charge on any atom is 0.235 e. The van der Waals surface area contributed by atoms with E-state index in [-0.39, 0.29) is 17.7 Å². The molecule has 4 nitrogen and oxygen atoms in total. The van der Waals surface area contributed by atoms with Gasteiger partial charge in [-0.3, -0.25) is 9.59 Å². The highest BCUT2D eigenvalue weighted by Gasteiger charge is 2.57. The van der Waals surface area contributed by atoms with Gasteiger partial charge in [0.1, 0.15) is 5.41 Å². The van der Waals surface area contributed by atoms with E-state index in [0.717, 1.165) is 25.7 Å². The van der Waals surface area contributed by atoms with Gasteiger partial charge in [-0.25, -0.2) is 0 Å². The van der Waals surface area contributed by atoms with Gasteiger partial charge in [-0.1, -0.05) is 19.4 Å². The minimum atomic E-state index is -0.668. The van der Waals surface area contributed by atoms with Crippen molar-refractivity contribution in [3.8, 4) is 0 Å². The van der Waals surface area contributed by atoms with Gasteiger partial charge >= 0.3 is 0 Å². The fourth-order valence-electron chi connectivity index (χ4n) is 3.02. The zero-order valence-electron chi connectivity index (χ0n) is 9.88. The van der Waals surface area contributed by atoms with Gasteiger partial charge in [-0.2, -0.15) is 0 Å². The minimum absolute atomic E-state index is 0.0144. The summed E-state index contributed by atoms with van der Waals surface area (Å²) in [5.41, 5.74) is -0.0698. The predicted molar refractivity (Wildman–Crippen MR) is 60.4 cm³/mol. The summed E-state index contributed by atoms with van der Waals surface area (Å²) in [6.45, 7) is 3.89. The molecule has 1 aliphatic carbocycles. The van der Waals surface area contributed by atoms with Crippen molar-refractivity contribution in [2.24, 2.45) is 11.3 Å². The van der Waals surface area contributed by atoms with E-state index in [0.29, 0.717) is 5.70 Å². The summed E-state index contributed by atoms with van der Waals surface area (Å²) in [7, 11) is 3.47. The molecule has 2 aliphatic rings. The molecule has 2 amide bonds. The number of carbonyl (C=O) groups is 2. The quantitative estimate of drug-likeness (QED) is 0.716. The summed E-state index contributed by atoms with van der Waals surface area (Å²) in [5, 5.41) is 2.75. The Morgan fingerprint density at radius 2 is 2.19 bits per heavy atom. The number of nitrogens with zero attached hydrogens (tertiary/aromatic N) is 1. The van der Waals surface area contributed by atoms with Crippen molar-refractivity contribution in [2.75, 3.05) is 14.1 Å². The third kappa shape index (κ3) is 1.29. The Morgan fingerprint density at radius 3 is 2.81 bits per heavy atom. The highest BCUT2D eigenvalue weighted by atomic mass is 16.2. The lowest BCUT2D eigenvalue weighted by molar-refractivity contribution is -0.144. The maximum atomic E-state index is 12.3. The molecule has 1 saturated heterocycles. The van der Waals surface area contributed by atoms with Crippen LogP contribution < -0.4 is 5.32 Å². The molecule has 1 saturated carbocycles. The third-order valence-corrected chi connectivity index (χ3v) is 3.83. The van der Waals surface area contributed by atoms with Crippen LogP contribution in [0.1, 0.15) is 25.7 Å². The van der Waals surface area contributed by atoms with E-state index in [1.165, 1.54) is 0 Å². The van der Waals surface area contributed by atoms with E-state index in [2.05, 4.69) is 11.9 Å². The van der Waals surface area contributed by atoms with E-state index in [9.17, 15) is 9.59 Å². The molecule has 16 heavy (non-hydrogen) atoms. The molecule has 4 heteroatoms. The monoisotopic (exact) mass is 222 g/mol. The molecule has 0 radical (unpaired) electrons. The van der Waals surface area contributed by atoms with Gasteiger partial charge in [0.15, 0.2) is 0 Å². The molecule has 2 atom stereocenters. The van der Waals surface area contributed by atoms with Crippen molar-refractivity contribution in [3.63, 3.8) is 0 Å². The molecule has 2 unspecified atom stereocenters. The molecule has 1 aliphatic heterocycles. The lowest BCUT2D eigenvalue weighted by Gasteiger charge is -2.38. The Balaban J connectivity index is 2.43. The van der Waals surface area contributed by atoms with Crippen LogP contribution in [0.25, 0.3) is 0 Å². The van der Waals surface area contributed by atoms with Crippen LogP contribution in [-0.4, -0.2) is 30.8 Å². The van der Waals surface area contributed by atoms with E-state index in [4.69, 9.17) is 0 Å². The third-order valence-electron chi connectivity index (χ3n) is 3.83. The fraction of sp³-hybridized carbons (Fsp3) is 0.667. The normalized spacial score (nSPS) is 33.2. The molecule has 0 bridgehead atoms. The number of amides is 2. The average molecular weight is 222 g/mol. The van der Waals surface area contributed by atoms with Crippen molar-refractivity contribution in [3.05, 3.63) is 12.3 Å². The number of rotatable bonds is 1. The van der Waals surface area contributed by atoms with Crippen LogP contribution in [0.4, 0.5) is 0 Å². The topological polar surface area (TPSA) is 49.4 Å². The molecular weight excluding hydrogens is 204 g/mol. The molecule has 0 aromatic heterocycles. The second-order valence-corrected chi connectivity index (χ2v) is 4.94. The van der Waals surface area contributed by atoms with Crippen LogP contribution in [0.3, 0.4) is 0 Å². The molecule has 1 N–H and O–H groups in total. The van der Waals surface area contributed by atoms with Crippen molar-refractivity contribution >= 4 is 11.8 Å². The molecule has 0 aromatic rings. The van der Waals surface area contributed by atoms with Gasteiger partial charge < -0.3 is 10.2 Å². The maximum absolute atomic E-state index is 12.3. The zero-order valence-corrected chi connectivity index (χ0v) is 9.88. The Labute approximate surface area is 95.7 Å². The van der Waals surface area contributed by atoms with Gasteiger partial charge in [0, 0.05) is 19.8 Å². The summed E-state index contributed by atoms with van der Waals surface area (Å²) in [4.78, 5) is 25.7. The Bertz CT molecular complexity index is 362. The highest BCUT2D eigenvalue weighted by molar-refractivity contribution is 5.98. The van der Waals surface area contributed by atoms with E-state index in [1.807, 2.05) is 0 Å². The van der Waals surface area contributed by atoms with Gasteiger partial charge in [0.25, 0.3) is 0 Å². The van der Waals surface area contributed by atoms with Crippen molar-refractivity contribution < 1.29 is 9.59 Å². The summed E-state index contributed by atoms with van der Waals surface area (Å²) in [5.74, 6) is -0.218. The van der Waals surface area contributed by atoms with E-state index < -0.39 is 5.41 Å². The number of carbonyl (C=O) groups excluding carboxylic acids is 2. The van der Waals surface area contributed by atoms with Crippen molar-refractivity contribution in [1.82, 2.24) is 10.2 Å². The van der Waals surface area contributed by atoms with Crippen LogP contribution in [0, 0.1) is 11.3 Å². The highest BCUT2D eigenvalue weighted by Crippen LogP contribution is 2.50. The first-order valence-corrected chi connectivity index (χ1v) is 5.72. The first-order chi connectivity index (χ1) is 7.50. The first kappa shape index (κ1) is 11.2. The van der Waals surface area contributed by atoms with Gasteiger partial charge in [0.05, 0.1) is 5.92 Å². The van der Waals surface area contributed by atoms with Crippen LogP contribution in [0.5, 0.6) is 0 Å². The Morgan fingerprint density at radius 1 is 1.50 bits per heavy atom. The summed E-state index contributed by atoms with van der Waals surface area (Å²) in [6.07, 6.45) is 3.55. The van der Waals surface area contributed by atoms with Crippen LogP contribution in [0.15, 0.2) is 12.3 Å². The summed E-state index contributed by atoms with van der Waals surface area (Å²) >= 11 is 0. The lowest BCUT2D eigenvalue weighted by Crippen LogP contribution is -2.46. The number of fused-ring (bicyclic) bond motifs is 1. The molecule has 88 valence electrons. The summed E-state index contributed by atoms with van der Waals surface area (Å²) < 4.78 is 0. The van der Waals surface area contributed by atoms with Crippen molar-refractivity contribution in [2.45, 2.75) is 25.7 Å². The van der Waals surface area contributed by atoms with Crippen LogP contribution in [-0.2, 0) is 9.59 Å². The average Bonchev–Trinajstić information content (AvgIpc) is 2.51. The smallest absolute Gasteiger partial charge is 0.235 e. The molecule has 2 rings (SSSR count). The second kappa shape index (κ2) is 3.61. The van der Waals surface area contributed by atoms with Crippen molar-refractivity contribution in [1.29, 1.82) is 0 Å². The lowest BCUT2D eigenvalue weighted by atomic mass is 9.66. The van der Waals surface area contributed by atoms with E-state index in [1.54, 1.807) is 19.0 Å². The fourth-order valence-corrected chi connectivity index (χ4v) is 3.02. The number of hydrogen-bond donors (Lipinski definition) is 1. The standard InChI is InChI=1S/C12H18N2O2/c1-8-12(11(16)14(2)3)7-5-4-6-9(12)10(15)13-8/h9H,1,4-7H2,2-3H3,(H,13,15). The zero-order chi connectivity index (χ0) is 11.9. The largest absolute Gasteiger partial charge is 0.348 e. The summed E-state index contributed by atoms with van der Waals surface area (Å²) in [6, 6.07) is 0. The van der Waals surface area contributed by atoms with Gasteiger partial charge in [-0.15, -0.1) is 0 Å². The molecule has 1 heterocycles. The van der Waals surface area contributed by atoms with Gasteiger partial charge in [0.2, 0.25) is 11.8 Å². The minimum Gasteiger partial charge on any atom is -0.348 e. The number of nitrogens with one attached hydrogen (secondary N) is 1. The molecule has 0 spiro atoms. The second-order valence-electron chi connectivity index (χ2n) is 4.94. The van der Waals surface area contributed by atoms with E-state index >= 15 is 0 Å². The number of hydrogen-bond acceptors (Lipinski definition) is 2. The molecular formula is C12H18N2O2. The Kier molecular flexibility index (Phi) is 2.52. The van der Waals surface area contributed by atoms with Crippen LogP contribution in [0.2, 0.25) is 0 Å². The van der Waals surface area contributed by atoms with Gasteiger partial charge in [-0.05, 0) is 12.8 Å². The Hall–Kier alpha value is -1.32. The predicted octanol–water partition coefficient (Wildman–Crippen LogP) is 0.895. The SMILES string of the molecule is C=C1NC(=O)C2CCCCC12C(=O)N(C)C. The molecule has 2 fully saturated rings. The molecule has 0 aromatic carbocycles. The first-order valence-electron chi connectivity index (χ1n) is 5.72. The van der Waals surface area contributed by atoms with Crippen LogP contribution >= 0.6 is 0 Å².